The summed E-state index contributed by atoms with van der Waals surface area (Å²) in [6.07, 6.45) is 3.57. The molecule has 1 aromatic carbocycles. The van der Waals surface area contributed by atoms with Crippen molar-refractivity contribution < 1.29 is 24.2 Å². The molecule has 0 heterocycles. The van der Waals surface area contributed by atoms with Crippen molar-refractivity contribution in [3.8, 4) is 5.75 Å². The molecule has 0 unspecified atom stereocenters. The molecular formula is C20H29NO5. The number of esters is 1. The lowest BCUT2D eigenvalue weighted by molar-refractivity contribution is -0.148. The van der Waals surface area contributed by atoms with E-state index in [9.17, 15) is 14.7 Å². The van der Waals surface area contributed by atoms with E-state index >= 15 is 0 Å². The van der Waals surface area contributed by atoms with Crippen LogP contribution >= 0.6 is 0 Å². The van der Waals surface area contributed by atoms with Crippen LogP contribution in [0.25, 0.3) is 0 Å². The molecule has 2 N–H and O–H groups in total. The van der Waals surface area contributed by atoms with Gasteiger partial charge in [0.05, 0.1) is 0 Å². The molecule has 6 nitrogen and oxygen atoms in total. The molecule has 144 valence electrons. The van der Waals surface area contributed by atoms with Gasteiger partial charge < -0.3 is 14.6 Å². The monoisotopic (exact) mass is 363 g/mol. The van der Waals surface area contributed by atoms with Gasteiger partial charge in [-0.2, -0.15) is 0 Å². The van der Waals surface area contributed by atoms with Crippen molar-refractivity contribution in [3.05, 3.63) is 35.9 Å². The standard InChI is InChI=1S/C20H29NO5/c1-19(2,3)25-17(23)10-8-7-9-14-13-15(11-12-16(14)22)21-18(24)26-20(4,5)6/h8,10-13,22H,7,9H2,1-6H3,(H,21,24)/b10-8-. The lowest BCUT2D eigenvalue weighted by Gasteiger charge is -2.20. The number of phenolic OH excluding ortho intramolecular Hbond substituents is 1. The minimum Gasteiger partial charge on any atom is -0.508 e. The SMILES string of the molecule is CC(C)(C)OC(=O)/C=C\CCc1cc(NC(=O)OC(C)(C)C)ccc1O. The lowest BCUT2D eigenvalue weighted by Crippen LogP contribution is -2.27. The number of carbonyl (C=O) groups is 2. The number of hydrogen-bond acceptors (Lipinski definition) is 5. The predicted molar refractivity (Wildman–Crippen MR) is 101 cm³/mol. The Morgan fingerprint density at radius 3 is 2.27 bits per heavy atom. The van der Waals surface area contributed by atoms with Crippen molar-refractivity contribution in [1.29, 1.82) is 0 Å². The zero-order chi connectivity index (χ0) is 20.0. The molecule has 1 aromatic rings. The van der Waals surface area contributed by atoms with Crippen LogP contribution in [0.5, 0.6) is 5.75 Å². The molecule has 6 heteroatoms. The molecular weight excluding hydrogens is 334 g/mol. The highest BCUT2D eigenvalue weighted by Crippen LogP contribution is 2.23. The van der Waals surface area contributed by atoms with Gasteiger partial charge in [0, 0.05) is 11.8 Å². The summed E-state index contributed by atoms with van der Waals surface area (Å²) < 4.78 is 10.4. The van der Waals surface area contributed by atoms with E-state index in [-0.39, 0.29) is 5.75 Å². The molecule has 0 aliphatic heterocycles. The third-order valence-electron chi connectivity index (χ3n) is 2.97. The maximum Gasteiger partial charge on any atom is 0.412 e. The second-order valence-corrected chi connectivity index (χ2v) is 7.94. The van der Waals surface area contributed by atoms with Gasteiger partial charge in [0.1, 0.15) is 17.0 Å². The number of phenols is 1. The van der Waals surface area contributed by atoms with Gasteiger partial charge in [0.2, 0.25) is 0 Å². The molecule has 1 amide bonds. The number of nitrogens with one attached hydrogen (secondary N) is 1. The largest absolute Gasteiger partial charge is 0.508 e. The molecule has 0 fully saturated rings. The van der Waals surface area contributed by atoms with Crippen LogP contribution in [0.2, 0.25) is 0 Å². The normalized spacial score (nSPS) is 12.1. The highest BCUT2D eigenvalue weighted by atomic mass is 16.6. The summed E-state index contributed by atoms with van der Waals surface area (Å²) in [6.45, 7) is 10.8. The fourth-order valence-electron chi connectivity index (χ4n) is 2.04. The first-order valence-electron chi connectivity index (χ1n) is 8.57. The number of carbonyl (C=O) groups excluding carboxylic acids is 2. The third-order valence-corrected chi connectivity index (χ3v) is 2.97. The molecule has 0 saturated carbocycles. The van der Waals surface area contributed by atoms with Crippen LogP contribution in [-0.4, -0.2) is 28.4 Å². The maximum atomic E-state index is 11.8. The average molecular weight is 363 g/mol. The number of allylic oxidation sites excluding steroid dienone is 1. The van der Waals surface area contributed by atoms with Crippen LogP contribution < -0.4 is 5.32 Å². The van der Waals surface area contributed by atoms with E-state index in [2.05, 4.69) is 5.32 Å². The Morgan fingerprint density at radius 2 is 1.69 bits per heavy atom. The van der Waals surface area contributed by atoms with Crippen LogP contribution in [0.4, 0.5) is 10.5 Å². The van der Waals surface area contributed by atoms with E-state index in [0.29, 0.717) is 24.1 Å². The van der Waals surface area contributed by atoms with Crippen LogP contribution in [0, 0.1) is 0 Å². The first-order chi connectivity index (χ1) is 11.9. The molecule has 0 saturated heterocycles. The van der Waals surface area contributed by atoms with Crippen molar-refractivity contribution >= 4 is 17.7 Å². The summed E-state index contributed by atoms with van der Waals surface area (Å²) in [5, 5.41) is 12.6. The van der Waals surface area contributed by atoms with Gasteiger partial charge in [-0.3, -0.25) is 5.32 Å². The Morgan fingerprint density at radius 1 is 1.08 bits per heavy atom. The zero-order valence-corrected chi connectivity index (χ0v) is 16.4. The first-order valence-corrected chi connectivity index (χ1v) is 8.57. The van der Waals surface area contributed by atoms with E-state index in [0.717, 1.165) is 0 Å². The van der Waals surface area contributed by atoms with Gasteiger partial charge in [-0.05, 0) is 78.1 Å². The fourth-order valence-corrected chi connectivity index (χ4v) is 2.04. The van der Waals surface area contributed by atoms with Crippen molar-refractivity contribution in [2.24, 2.45) is 0 Å². The number of amides is 1. The molecule has 0 aromatic heterocycles. The molecule has 1 rings (SSSR count). The quantitative estimate of drug-likeness (QED) is 0.455. The van der Waals surface area contributed by atoms with Crippen molar-refractivity contribution in [1.82, 2.24) is 0 Å². The second-order valence-electron chi connectivity index (χ2n) is 7.94. The highest BCUT2D eigenvalue weighted by molar-refractivity contribution is 5.85. The number of anilines is 1. The summed E-state index contributed by atoms with van der Waals surface area (Å²) in [5.74, 6) is -0.271. The van der Waals surface area contributed by atoms with Crippen LogP contribution in [0.1, 0.15) is 53.5 Å². The Balaban J connectivity index is 2.62. The third kappa shape index (κ3) is 9.11. The van der Waals surface area contributed by atoms with Gasteiger partial charge in [-0.15, -0.1) is 0 Å². The van der Waals surface area contributed by atoms with Crippen LogP contribution in [-0.2, 0) is 20.7 Å². The lowest BCUT2D eigenvalue weighted by atomic mass is 10.1. The summed E-state index contributed by atoms with van der Waals surface area (Å²) in [7, 11) is 0. The van der Waals surface area contributed by atoms with Gasteiger partial charge in [-0.1, -0.05) is 6.08 Å². The van der Waals surface area contributed by atoms with Gasteiger partial charge in [0.25, 0.3) is 0 Å². The number of aryl methyl sites for hydroxylation is 1. The second kappa shape index (κ2) is 8.74. The van der Waals surface area contributed by atoms with E-state index in [1.54, 1.807) is 59.8 Å². The van der Waals surface area contributed by atoms with E-state index < -0.39 is 23.3 Å². The highest BCUT2D eigenvalue weighted by Gasteiger charge is 2.16. The van der Waals surface area contributed by atoms with E-state index in [4.69, 9.17) is 9.47 Å². The van der Waals surface area contributed by atoms with Gasteiger partial charge >= 0.3 is 12.1 Å². The first kappa shape index (κ1) is 21.5. The van der Waals surface area contributed by atoms with Crippen molar-refractivity contribution in [3.63, 3.8) is 0 Å². The van der Waals surface area contributed by atoms with Gasteiger partial charge in [0.15, 0.2) is 0 Å². The predicted octanol–water partition coefficient (Wildman–Crippen LogP) is 4.57. The molecule has 0 bridgehead atoms. The molecule has 26 heavy (non-hydrogen) atoms. The number of ether oxygens (including phenoxy) is 2. The molecule has 0 atom stereocenters. The number of hydrogen-bond donors (Lipinski definition) is 2. The molecule has 0 aliphatic rings. The Bertz CT molecular complexity index is 666. The summed E-state index contributed by atoms with van der Waals surface area (Å²) >= 11 is 0. The summed E-state index contributed by atoms with van der Waals surface area (Å²) in [5.41, 5.74) is 0.0769. The Kier molecular flexibility index (Phi) is 7.24. The smallest absolute Gasteiger partial charge is 0.412 e. The molecule has 0 aliphatic carbocycles. The van der Waals surface area contributed by atoms with Crippen LogP contribution in [0.3, 0.4) is 0 Å². The number of benzene rings is 1. The maximum absolute atomic E-state index is 11.8. The van der Waals surface area contributed by atoms with Crippen molar-refractivity contribution in [2.45, 2.75) is 65.6 Å². The number of rotatable bonds is 5. The Hall–Kier alpha value is -2.50. The van der Waals surface area contributed by atoms with E-state index in [1.165, 1.54) is 12.1 Å². The fraction of sp³-hybridized carbons (Fsp3) is 0.500. The van der Waals surface area contributed by atoms with Crippen molar-refractivity contribution in [2.75, 3.05) is 5.32 Å². The number of aromatic hydroxyl groups is 1. The van der Waals surface area contributed by atoms with E-state index in [1.807, 2.05) is 0 Å². The zero-order valence-electron chi connectivity index (χ0n) is 16.4. The minimum absolute atomic E-state index is 0.130. The molecule has 0 spiro atoms. The topological polar surface area (TPSA) is 84.9 Å². The average Bonchev–Trinajstić information content (AvgIpc) is 2.42. The van der Waals surface area contributed by atoms with Gasteiger partial charge in [-0.25, -0.2) is 9.59 Å². The van der Waals surface area contributed by atoms with Crippen LogP contribution in [0.15, 0.2) is 30.4 Å². The summed E-state index contributed by atoms with van der Waals surface area (Å²) in [6, 6.07) is 4.79. The molecule has 0 radical (unpaired) electrons. The Labute approximate surface area is 155 Å². The summed E-state index contributed by atoms with van der Waals surface area (Å²) in [4.78, 5) is 23.4. The minimum atomic E-state index is -0.587.